The second-order valence-corrected chi connectivity index (χ2v) is 8.18. The zero-order valence-electron chi connectivity index (χ0n) is 16.0. The molecule has 0 aliphatic rings. The van der Waals surface area contributed by atoms with E-state index >= 15 is 0 Å². The number of nitrogens with zero attached hydrogens (tertiary/aromatic N) is 3. The fourth-order valence-electron chi connectivity index (χ4n) is 3.15. The Morgan fingerprint density at radius 3 is 2.70 bits per heavy atom. The molecule has 0 aliphatic carbocycles. The van der Waals surface area contributed by atoms with E-state index in [9.17, 15) is 9.59 Å². The Bertz CT molecular complexity index is 1310. The summed E-state index contributed by atoms with van der Waals surface area (Å²) in [7, 11) is 0. The van der Waals surface area contributed by atoms with Crippen molar-refractivity contribution in [3.8, 4) is 11.1 Å². The van der Waals surface area contributed by atoms with Crippen LogP contribution in [0.25, 0.3) is 21.3 Å². The molecule has 0 bridgehead atoms. The summed E-state index contributed by atoms with van der Waals surface area (Å²) in [6.45, 7) is 1.78. The number of fused-ring (bicyclic) bond motifs is 1. The normalized spacial score (nSPS) is 11.3. The first-order chi connectivity index (χ1) is 14.5. The number of aromatic nitrogens is 2. The van der Waals surface area contributed by atoms with Crippen LogP contribution in [0.3, 0.4) is 0 Å². The Labute approximate surface area is 181 Å². The fraction of sp³-hybridized carbons (Fsp3) is 0.0909. The van der Waals surface area contributed by atoms with Gasteiger partial charge in [-0.1, -0.05) is 60.1 Å². The number of hydrazone groups is 1. The average molecular weight is 437 g/mol. The number of thiophene rings is 1. The van der Waals surface area contributed by atoms with Gasteiger partial charge < -0.3 is 0 Å². The first-order valence-electron chi connectivity index (χ1n) is 9.15. The Morgan fingerprint density at radius 1 is 1.20 bits per heavy atom. The van der Waals surface area contributed by atoms with E-state index in [4.69, 9.17) is 11.6 Å². The molecule has 4 rings (SSSR count). The lowest BCUT2D eigenvalue weighted by Crippen LogP contribution is -2.30. The predicted octanol–water partition coefficient (Wildman–Crippen LogP) is 4.24. The molecule has 150 valence electrons. The minimum Gasteiger partial charge on any atom is -0.289 e. The lowest BCUT2D eigenvalue weighted by molar-refractivity contribution is -0.121. The zero-order chi connectivity index (χ0) is 21.1. The van der Waals surface area contributed by atoms with E-state index in [2.05, 4.69) is 15.5 Å². The number of rotatable bonds is 5. The number of halogens is 1. The molecule has 1 N–H and O–H groups in total. The summed E-state index contributed by atoms with van der Waals surface area (Å²) in [5.74, 6) is -0.435. The highest BCUT2D eigenvalue weighted by molar-refractivity contribution is 7.19. The molecule has 0 saturated carbocycles. The van der Waals surface area contributed by atoms with Crippen molar-refractivity contribution in [2.45, 2.75) is 13.5 Å². The van der Waals surface area contributed by atoms with Gasteiger partial charge in [-0.05, 0) is 18.6 Å². The molecule has 8 heteroatoms. The van der Waals surface area contributed by atoms with E-state index in [0.717, 1.165) is 16.0 Å². The van der Waals surface area contributed by atoms with Gasteiger partial charge in [-0.2, -0.15) is 5.10 Å². The van der Waals surface area contributed by atoms with Crippen molar-refractivity contribution in [1.82, 2.24) is 15.0 Å². The lowest BCUT2D eigenvalue weighted by Gasteiger charge is -2.06. The summed E-state index contributed by atoms with van der Waals surface area (Å²) in [5, 5.41) is 4.97. The number of hydrogen-bond acceptors (Lipinski definition) is 5. The highest BCUT2D eigenvalue weighted by Crippen LogP contribution is 2.35. The van der Waals surface area contributed by atoms with Gasteiger partial charge in [0.05, 0.1) is 17.9 Å². The molecule has 2 aromatic carbocycles. The third kappa shape index (κ3) is 4.03. The molecule has 1 amide bonds. The van der Waals surface area contributed by atoms with Crippen molar-refractivity contribution >= 4 is 45.3 Å². The molecule has 2 aromatic heterocycles. The van der Waals surface area contributed by atoms with E-state index < -0.39 is 5.91 Å². The number of nitrogens with one attached hydrogen (secondary N) is 1. The van der Waals surface area contributed by atoms with Gasteiger partial charge >= 0.3 is 0 Å². The summed E-state index contributed by atoms with van der Waals surface area (Å²) < 4.78 is 1.29. The summed E-state index contributed by atoms with van der Waals surface area (Å²) >= 11 is 7.52. The highest BCUT2D eigenvalue weighted by atomic mass is 35.5. The SMILES string of the molecule is Cc1sc2ncn(CC(=O)NN=Cc3ccccc3Cl)c(=O)c2c1-c1ccccc1. The number of amides is 1. The third-order valence-corrected chi connectivity index (χ3v) is 5.89. The minimum atomic E-state index is -0.435. The monoisotopic (exact) mass is 436 g/mol. The van der Waals surface area contributed by atoms with Gasteiger partial charge in [-0.25, -0.2) is 10.4 Å². The summed E-state index contributed by atoms with van der Waals surface area (Å²) in [5.41, 5.74) is 4.66. The van der Waals surface area contributed by atoms with Gasteiger partial charge in [-0.3, -0.25) is 14.2 Å². The molecule has 0 fully saturated rings. The van der Waals surface area contributed by atoms with Gasteiger partial charge in [0, 0.05) is 21.0 Å². The molecule has 0 saturated heterocycles. The van der Waals surface area contributed by atoms with Crippen molar-refractivity contribution in [1.29, 1.82) is 0 Å². The van der Waals surface area contributed by atoms with Gasteiger partial charge in [-0.15, -0.1) is 11.3 Å². The smallest absolute Gasteiger partial charge is 0.263 e. The summed E-state index contributed by atoms with van der Waals surface area (Å²) in [4.78, 5) is 31.4. The second kappa shape index (κ2) is 8.61. The highest BCUT2D eigenvalue weighted by Gasteiger charge is 2.17. The number of carbonyl (C=O) groups is 1. The molecule has 0 aliphatic heterocycles. The van der Waals surface area contributed by atoms with Crippen molar-refractivity contribution in [2.24, 2.45) is 5.10 Å². The van der Waals surface area contributed by atoms with Crippen LogP contribution >= 0.6 is 22.9 Å². The Hall–Kier alpha value is -3.29. The van der Waals surface area contributed by atoms with Crippen LogP contribution in [0.15, 0.2) is 70.8 Å². The second-order valence-electron chi connectivity index (χ2n) is 6.57. The van der Waals surface area contributed by atoms with Crippen LogP contribution in [-0.4, -0.2) is 21.7 Å². The maximum Gasteiger partial charge on any atom is 0.263 e. The van der Waals surface area contributed by atoms with Crippen LogP contribution in [0.4, 0.5) is 0 Å². The maximum absolute atomic E-state index is 13.1. The number of benzene rings is 2. The minimum absolute atomic E-state index is 0.190. The van der Waals surface area contributed by atoms with E-state index in [1.807, 2.05) is 49.4 Å². The van der Waals surface area contributed by atoms with Crippen molar-refractivity contribution in [3.63, 3.8) is 0 Å². The van der Waals surface area contributed by atoms with Crippen LogP contribution in [-0.2, 0) is 11.3 Å². The van der Waals surface area contributed by atoms with Crippen LogP contribution < -0.4 is 11.0 Å². The molecule has 6 nitrogen and oxygen atoms in total. The van der Waals surface area contributed by atoms with E-state index in [-0.39, 0.29) is 12.1 Å². The number of aryl methyl sites for hydroxylation is 1. The van der Waals surface area contributed by atoms with Crippen LogP contribution in [0.5, 0.6) is 0 Å². The van der Waals surface area contributed by atoms with E-state index in [1.165, 1.54) is 28.4 Å². The number of carbonyl (C=O) groups excluding carboxylic acids is 1. The average Bonchev–Trinajstić information content (AvgIpc) is 3.09. The third-order valence-electron chi connectivity index (χ3n) is 4.53. The largest absolute Gasteiger partial charge is 0.289 e. The van der Waals surface area contributed by atoms with Gasteiger partial charge in [0.15, 0.2) is 0 Å². The molecule has 0 unspecified atom stereocenters. The quantitative estimate of drug-likeness (QED) is 0.375. The van der Waals surface area contributed by atoms with E-state index in [1.54, 1.807) is 12.1 Å². The summed E-state index contributed by atoms with van der Waals surface area (Å²) in [6.07, 6.45) is 2.85. The predicted molar refractivity (Wildman–Crippen MR) is 121 cm³/mol. The number of hydrogen-bond donors (Lipinski definition) is 1. The molecule has 0 spiro atoms. The molecule has 0 atom stereocenters. The van der Waals surface area contributed by atoms with Crippen LogP contribution in [0, 0.1) is 6.92 Å². The molecule has 0 radical (unpaired) electrons. The fourth-order valence-corrected chi connectivity index (χ4v) is 4.33. The molecule has 4 aromatic rings. The van der Waals surface area contributed by atoms with Gasteiger partial charge in [0.2, 0.25) is 0 Å². The van der Waals surface area contributed by atoms with Crippen molar-refractivity contribution in [3.05, 3.63) is 86.7 Å². The Morgan fingerprint density at radius 2 is 1.93 bits per heavy atom. The van der Waals surface area contributed by atoms with Crippen LogP contribution in [0.1, 0.15) is 10.4 Å². The van der Waals surface area contributed by atoms with Crippen molar-refractivity contribution in [2.75, 3.05) is 0 Å². The molecular weight excluding hydrogens is 420 g/mol. The lowest BCUT2D eigenvalue weighted by atomic mass is 10.0. The Kier molecular flexibility index (Phi) is 5.74. The van der Waals surface area contributed by atoms with Gasteiger partial charge in [0.25, 0.3) is 11.5 Å². The topological polar surface area (TPSA) is 76.3 Å². The van der Waals surface area contributed by atoms with Crippen LogP contribution in [0.2, 0.25) is 5.02 Å². The standard InChI is InChI=1S/C22H17ClN4O2S/c1-14-19(15-7-3-2-4-8-15)20-21(30-14)24-13-27(22(20)29)12-18(28)26-25-11-16-9-5-6-10-17(16)23/h2-11,13H,12H2,1H3,(H,26,28). The van der Waals surface area contributed by atoms with E-state index in [0.29, 0.717) is 20.8 Å². The molecule has 30 heavy (non-hydrogen) atoms. The Balaban J connectivity index is 1.59. The maximum atomic E-state index is 13.1. The first-order valence-corrected chi connectivity index (χ1v) is 10.3. The first kappa shape index (κ1) is 20.0. The zero-order valence-corrected chi connectivity index (χ0v) is 17.6. The van der Waals surface area contributed by atoms with Crippen molar-refractivity contribution < 1.29 is 4.79 Å². The summed E-state index contributed by atoms with van der Waals surface area (Å²) in [6, 6.07) is 16.9. The molecular formula is C22H17ClN4O2S. The molecule has 2 heterocycles. The van der Waals surface area contributed by atoms with Gasteiger partial charge in [0.1, 0.15) is 11.4 Å².